The highest BCUT2D eigenvalue weighted by atomic mass is 32.2. The standard InChI is InChI=1S/C29H25F3N6O6S/c1-3-44-27(41)18-10-12-20(13-11-18)34-25(39)16-45-28-36-35-24(37(28)21-7-4-6-19(14-21)29(30,31)32)15-33-26(40)22-8-5-9-23(17(22)2)38(42)43/h4-14H,3,15-16H2,1-2H3,(H,33,40)(H,34,39). The van der Waals surface area contributed by atoms with Crippen LogP contribution >= 0.6 is 11.8 Å². The van der Waals surface area contributed by atoms with E-state index in [4.69, 9.17) is 4.74 Å². The van der Waals surface area contributed by atoms with Crippen LogP contribution in [-0.4, -0.2) is 49.8 Å². The molecule has 1 heterocycles. The van der Waals surface area contributed by atoms with Crippen molar-refractivity contribution < 1.29 is 37.2 Å². The number of aromatic nitrogens is 3. The number of thioether (sulfide) groups is 1. The van der Waals surface area contributed by atoms with Crippen molar-refractivity contribution >= 4 is 40.9 Å². The summed E-state index contributed by atoms with van der Waals surface area (Å²) in [5.41, 5.74) is -0.278. The first-order chi connectivity index (χ1) is 21.4. The molecule has 2 amide bonds. The zero-order valence-corrected chi connectivity index (χ0v) is 24.6. The quantitative estimate of drug-likeness (QED) is 0.0953. The third-order valence-electron chi connectivity index (χ3n) is 6.30. The summed E-state index contributed by atoms with van der Waals surface area (Å²) in [5, 5.41) is 24.7. The van der Waals surface area contributed by atoms with Crippen molar-refractivity contribution in [3.8, 4) is 5.69 Å². The van der Waals surface area contributed by atoms with Crippen LogP contribution in [0.2, 0.25) is 0 Å². The zero-order valence-electron chi connectivity index (χ0n) is 23.8. The van der Waals surface area contributed by atoms with Gasteiger partial charge in [-0.2, -0.15) is 13.2 Å². The fourth-order valence-corrected chi connectivity index (χ4v) is 4.91. The average Bonchev–Trinajstić information content (AvgIpc) is 3.41. The van der Waals surface area contributed by atoms with Gasteiger partial charge in [-0.15, -0.1) is 10.2 Å². The first-order valence-electron chi connectivity index (χ1n) is 13.2. The van der Waals surface area contributed by atoms with Crippen molar-refractivity contribution in [3.05, 3.63) is 105 Å². The van der Waals surface area contributed by atoms with Crippen molar-refractivity contribution in [2.24, 2.45) is 0 Å². The summed E-state index contributed by atoms with van der Waals surface area (Å²) in [6.45, 7) is 3.01. The van der Waals surface area contributed by atoms with Gasteiger partial charge in [0.2, 0.25) is 5.91 Å². The molecule has 0 unspecified atom stereocenters. The number of halogens is 3. The molecule has 0 aliphatic heterocycles. The molecule has 45 heavy (non-hydrogen) atoms. The second-order valence-electron chi connectivity index (χ2n) is 9.31. The Morgan fingerprint density at radius 1 is 1.04 bits per heavy atom. The number of esters is 1. The van der Waals surface area contributed by atoms with E-state index in [9.17, 15) is 37.7 Å². The molecular formula is C29H25F3N6O6S. The smallest absolute Gasteiger partial charge is 0.416 e. The molecule has 2 N–H and O–H groups in total. The molecular weight excluding hydrogens is 617 g/mol. The minimum Gasteiger partial charge on any atom is -0.462 e. The Kier molecular flexibility index (Phi) is 10.2. The molecule has 0 bridgehead atoms. The molecule has 0 saturated heterocycles. The third-order valence-corrected chi connectivity index (χ3v) is 7.23. The maximum Gasteiger partial charge on any atom is 0.416 e. The number of benzene rings is 3. The number of nitrogens with one attached hydrogen (secondary N) is 2. The Bertz CT molecular complexity index is 1740. The van der Waals surface area contributed by atoms with Crippen molar-refractivity contribution in [2.75, 3.05) is 17.7 Å². The Hall–Kier alpha value is -5.25. The highest BCUT2D eigenvalue weighted by molar-refractivity contribution is 7.99. The Morgan fingerprint density at radius 3 is 2.42 bits per heavy atom. The number of carbonyl (C=O) groups is 3. The van der Waals surface area contributed by atoms with E-state index in [-0.39, 0.29) is 52.4 Å². The van der Waals surface area contributed by atoms with E-state index >= 15 is 0 Å². The molecule has 12 nitrogen and oxygen atoms in total. The normalized spacial score (nSPS) is 11.1. The van der Waals surface area contributed by atoms with Gasteiger partial charge in [0.25, 0.3) is 11.6 Å². The van der Waals surface area contributed by atoms with Gasteiger partial charge in [0.1, 0.15) is 0 Å². The molecule has 4 rings (SSSR count). The third kappa shape index (κ3) is 8.03. The van der Waals surface area contributed by atoms with E-state index < -0.39 is 34.4 Å². The van der Waals surface area contributed by atoms with Crippen molar-refractivity contribution in [2.45, 2.75) is 31.7 Å². The SMILES string of the molecule is CCOC(=O)c1ccc(NC(=O)CSc2nnc(CNC(=O)c3cccc([N+](=O)[O-])c3C)n2-c2cccc(C(F)(F)F)c2)cc1. The Balaban J connectivity index is 1.54. The topological polar surface area (TPSA) is 158 Å². The molecule has 0 aliphatic rings. The van der Waals surface area contributed by atoms with Gasteiger partial charge in [0.05, 0.1) is 40.6 Å². The first kappa shape index (κ1) is 32.7. The van der Waals surface area contributed by atoms with Crippen LogP contribution in [-0.2, 0) is 22.3 Å². The lowest BCUT2D eigenvalue weighted by Crippen LogP contribution is -2.25. The van der Waals surface area contributed by atoms with Crippen LogP contribution in [0, 0.1) is 17.0 Å². The summed E-state index contributed by atoms with van der Waals surface area (Å²) >= 11 is 0.891. The molecule has 0 spiro atoms. The predicted molar refractivity (Wildman–Crippen MR) is 157 cm³/mol. The molecule has 0 atom stereocenters. The number of alkyl halides is 3. The second-order valence-corrected chi connectivity index (χ2v) is 10.2. The summed E-state index contributed by atoms with van der Waals surface area (Å²) in [5.74, 6) is -1.82. The number of ether oxygens (including phenoxy) is 1. The molecule has 3 aromatic carbocycles. The number of hydrogen-bond acceptors (Lipinski definition) is 9. The van der Waals surface area contributed by atoms with Crippen LogP contribution in [0.5, 0.6) is 0 Å². The van der Waals surface area contributed by atoms with Gasteiger partial charge >= 0.3 is 12.1 Å². The van der Waals surface area contributed by atoms with Crippen molar-refractivity contribution in [1.82, 2.24) is 20.1 Å². The van der Waals surface area contributed by atoms with Crippen LogP contribution in [0.15, 0.2) is 71.9 Å². The lowest BCUT2D eigenvalue weighted by Gasteiger charge is -2.14. The average molecular weight is 643 g/mol. The molecule has 0 aliphatic carbocycles. The monoisotopic (exact) mass is 642 g/mol. The van der Waals surface area contributed by atoms with E-state index in [0.29, 0.717) is 11.3 Å². The summed E-state index contributed by atoms with van der Waals surface area (Å²) < 4.78 is 46.8. The fraction of sp³-hybridized carbons (Fsp3) is 0.207. The minimum atomic E-state index is -4.64. The van der Waals surface area contributed by atoms with Crippen LogP contribution in [0.3, 0.4) is 0 Å². The highest BCUT2D eigenvalue weighted by Gasteiger charge is 2.31. The van der Waals surface area contributed by atoms with Crippen molar-refractivity contribution in [1.29, 1.82) is 0 Å². The van der Waals surface area contributed by atoms with Crippen LogP contribution in [0.25, 0.3) is 5.69 Å². The minimum absolute atomic E-state index is 0.0306. The summed E-state index contributed by atoms with van der Waals surface area (Å²) in [4.78, 5) is 48.1. The number of nitro groups is 1. The number of hydrogen-bond donors (Lipinski definition) is 2. The largest absolute Gasteiger partial charge is 0.462 e. The maximum atomic E-state index is 13.5. The van der Waals surface area contributed by atoms with E-state index in [1.54, 1.807) is 6.92 Å². The van der Waals surface area contributed by atoms with E-state index in [0.717, 1.165) is 23.9 Å². The van der Waals surface area contributed by atoms with Gasteiger partial charge in [-0.25, -0.2) is 4.79 Å². The Morgan fingerprint density at radius 2 is 1.76 bits per heavy atom. The molecule has 0 fully saturated rings. The number of nitrogens with zero attached hydrogens (tertiary/aromatic N) is 4. The van der Waals surface area contributed by atoms with Gasteiger partial charge in [0.15, 0.2) is 11.0 Å². The zero-order chi connectivity index (χ0) is 32.7. The maximum absolute atomic E-state index is 13.5. The Labute approximate surface area is 258 Å². The van der Waals surface area contributed by atoms with Gasteiger partial charge in [-0.1, -0.05) is 23.9 Å². The summed E-state index contributed by atoms with van der Waals surface area (Å²) in [6.07, 6.45) is -4.64. The highest BCUT2D eigenvalue weighted by Crippen LogP contribution is 2.32. The first-order valence-corrected chi connectivity index (χ1v) is 14.2. The van der Waals surface area contributed by atoms with Gasteiger partial charge in [0, 0.05) is 22.9 Å². The molecule has 16 heteroatoms. The predicted octanol–water partition coefficient (Wildman–Crippen LogP) is 5.34. The summed E-state index contributed by atoms with van der Waals surface area (Å²) in [6, 6.07) is 14.4. The molecule has 1 aromatic heterocycles. The fourth-order valence-electron chi connectivity index (χ4n) is 4.14. The molecule has 0 radical (unpaired) electrons. The lowest BCUT2D eigenvalue weighted by molar-refractivity contribution is -0.385. The number of amides is 2. The number of rotatable bonds is 11. The van der Waals surface area contributed by atoms with Crippen LogP contribution in [0.4, 0.5) is 24.5 Å². The second kappa shape index (κ2) is 14.0. The molecule has 234 valence electrons. The number of carbonyl (C=O) groups excluding carboxylic acids is 3. The van der Waals surface area contributed by atoms with Gasteiger partial charge in [-0.3, -0.25) is 24.3 Å². The molecule has 0 saturated carbocycles. The summed E-state index contributed by atoms with van der Waals surface area (Å²) in [7, 11) is 0. The number of nitro benzene ring substituents is 1. The molecule has 4 aromatic rings. The van der Waals surface area contributed by atoms with Crippen molar-refractivity contribution in [3.63, 3.8) is 0 Å². The van der Waals surface area contributed by atoms with E-state index in [2.05, 4.69) is 20.8 Å². The number of anilines is 1. The van der Waals surface area contributed by atoms with E-state index in [1.807, 2.05) is 0 Å². The lowest BCUT2D eigenvalue weighted by atomic mass is 10.1. The van der Waals surface area contributed by atoms with Gasteiger partial charge < -0.3 is 15.4 Å². The van der Waals surface area contributed by atoms with Gasteiger partial charge in [-0.05, 0) is 62.4 Å². The van der Waals surface area contributed by atoms with Crippen LogP contribution < -0.4 is 10.6 Å². The van der Waals surface area contributed by atoms with Crippen LogP contribution in [0.1, 0.15) is 44.6 Å². The van der Waals surface area contributed by atoms with E-state index in [1.165, 1.54) is 66.1 Å².